The summed E-state index contributed by atoms with van der Waals surface area (Å²) in [7, 11) is 0. The van der Waals surface area contributed by atoms with E-state index < -0.39 is 6.04 Å². The second-order valence-corrected chi connectivity index (χ2v) is 10.0. The molecule has 6 nitrogen and oxygen atoms in total. The van der Waals surface area contributed by atoms with Gasteiger partial charge in [-0.25, -0.2) is 0 Å². The molecule has 40 heavy (non-hydrogen) atoms. The first-order chi connectivity index (χ1) is 19.4. The Labute approximate surface area is 239 Å². The number of amides is 2. The van der Waals surface area contributed by atoms with E-state index in [1.807, 2.05) is 93.6 Å². The first-order valence-electron chi connectivity index (χ1n) is 14.5. The van der Waals surface area contributed by atoms with Crippen LogP contribution in [0.5, 0.6) is 11.5 Å². The molecule has 1 N–H and O–H groups in total. The standard InChI is InChI=1S/C34H44N2O4/c1-5-8-22-35-34(38)30(23-27-12-10-9-11-13-27)36(25-29-16-14-26(4)15-17-29)33(37)21-19-28-18-20-31(39-6-2)32(24-28)40-7-3/h9-18,20,24,30H,5-8,19,21-23,25H2,1-4H3,(H,35,38). The fourth-order valence-corrected chi connectivity index (χ4v) is 4.60. The predicted molar refractivity (Wildman–Crippen MR) is 161 cm³/mol. The molecule has 2 amide bonds. The predicted octanol–water partition coefficient (Wildman–Crippen LogP) is 6.28. The molecule has 6 heteroatoms. The summed E-state index contributed by atoms with van der Waals surface area (Å²) in [6.45, 7) is 10.1. The lowest BCUT2D eigenvalue weighted by Crippen LogP contribution is -2.50. The van der Waals surface area contributed by atoms with Gasteiger partial charge in [-0.05, 0) is 62.4 Å². The van der Waals surface area contributed by atoms with Gasteiger partial charge in [-0.1, -0.05) is 79.6 Å². The highest BCUT2D eigenvalue weighted by atomic mass is 16.5. The highest BCUT2D eigenvalue weighted by Gasteiger charge is 2.30. The highest BCUT2D eigenvalue weighted by Crippen LogP contribution is 2.29. The SMILES string of the molecule is CCCCNC(=O)C(Cc1ccccc1)N(Cc1ccc(C)cc1)C(=O)CCc1ccc(OCC)c(OCC)c1. The molecule has 1 atom stereocenters. The quantitative estimate of drug-likeness (QED) is 0.216. The molecule has 0 aliphatic rings. The van der Waals surface area contributed by atoms with Crippen LogP contribution in [0.2, 0.25) is 0 Å². The molecule has 3 rings (SSSR count). The van der Waals surface area contributed by atoms with E-state index in [1.165, 1.54) is 0 Å². The number of unbranched alkanes of at least 4 members (excludes halogenated alkanes) is 1. The van der Waals surface area contributed by atoms with Gasteiger partial charge in [-0.15, -0.1) is 0 Å². The fourth-order valence-electron chi connectivity index (χ4n) is 4.60. The molecule has 0 saturated carbocycles. The molecule has 0 aliphatic heterocycles. The summed E-state index contributed by atoms with van der Waals surface area (Å²) in [5, 5.41) is 3.08. The maximum atomic E-state index is 13.9. The number of hydrogen-bond donors (Lipinski definition) is 1. The molecule has 0 fully saturated rings. The minimum Gasteiger partial charge on any atom is -0.490 e. The van der Waals surface area contributed by atoms with Crippen molar-refractivity contribution in [3.8, 4) is 11.5 Å². The van der Waals surface area contributed by atoms with Crippen LogP contribution in [-0.4, -0.2) is 42.5 Å². The van der Waals surface area contributed by atoms with E-state index in [1.54, 1.807) is 4.90 Å². The van der Waals surface area contributed by atoms with Crippen LogP contribution in [0, 0.1) is 6.92 Å². The number of nitrogens with zero attached hydrogens (tertiary/aromatic N) is 1. The molecule has 3 aromatic carbocycles. The maximum Gasteiger partial charge on any atom is 0.243 e. The number of carbonyl (C=O) groups excluding carboxylic acids is 2. The molecule has 0 radical (unpaired) electrons. The normalized spacial score (nSPS) is 11.5. The minimum atomic E-state index is -0.618. The average molecular weight is 545 g/mol. The van der Waals surface area contributed by atoms with Crippen molar-refractivity contribution < 1.29 is 19.1 Å². The van der Waals surface area contributed by atoms with Gasteiger partial charge in [0.2, 0.25) is 11.8 Å². The lowest BCUT2D eigenvalue weighted by Gasteiger charge is -2.32. The van der Waals surface area contributed by atoms with E-state index in [0.29, 0.717) is 50.6 Å². The van der Waals surface area contributed by atoms with E-state index in [4.69, 9.17) is 9.47 Å². The van der Waals surface area contributed by atoms with Crippen molar-refractivity contribution in [2.24, 2.45) is 0 Å². The van der Waals surface area contributed by atoms with Gasteiger partial charge in [-0.3, -0.25) is 9.59 Å². The zero-order valence-corrected chi connectivity index (χ0v) is 24.4. The highest BCUT2D eigenvalue weighted by molar-refractivity contribution is 5.88. The summed E-state index contributed by atoms with van der Waals surface area (Å²) >= 11 is 0. The zero-order valence-electron chi connectivity index (χ0n) is 24.4. The molecule has 214 valence electrons. The van der Waals surface area contributed by atoms with Crippen LogP contribution in [0.1, 0.15) is 62.3 Å². The summed E-state index contributed by atoms with van der Waals surface area (Å²) in [5.74, 6) is 1.21. The van der Waals surface area contributed by atoms with Crippen molar-refractivity contribution in [2.45, 2.75) is 72.4 Å². The van der Waals surface area contributed by atoms with Gasteiger partial charge in [-0.2, -0.15) is 0 Å². The van der Waals surface area contributed by atoms with Crippen molar-refractivity contribution in [2.75, 3.05) is 19.8 Å². The molecule has 0 aliphatic carbocycles. The molecule has 1 unspecified atom stereocenters. The number of hydrogen-bond acceptors (Lipinski definition) is 4. The minimum absolute atomic E-state index is 0.0565. The van der Waals surface area contributed by atoms with Gasteiger partial charge in [0, 0.05) is 25.9 Å². The van der Waals surface area contributed by atoms with E-state index in [-0.39, 0.29) is 18.2 Å². The summed E-state index contributed by atoms with van der Waals surface area (Å²) in [6, 6.07) is 23.3. The van der Waals surface area contributed by atoms with Crippen LogP contribution in [0.3, 0.4) is 0 Å². The molecular formula is C34H44N2O4. The number of nitrogens with one attached hydrogen (secondary N) is 1. The van der Waals surface area contributed by atoms with Gasteiger partial charge < -0.3 is 19.7 Å². The summed E-state index contributed by atoms with van der Waals surface area (Å²) in [5.41, 5.74) is 4.16. The van der Waals surface area contributed by atoms with Crippen LogP contribution in [0.15, 0.2) is 72.8 Å². The first-order valence-corrected chi connectivity index (χ1v) is 14.5. The Bertz CT molecular complexity index is 1190. The van der Waals surface area contributed by atoms with Gasteiger partial charge in [0.15, 0.2) is 11.5 Å². The molecule has 3 aromatic rings. The van der Waals surface area contributed by atoms with Crippen molar-refractivity contribution in [1.82, 2.24) is 10.2 Å². The number of aryl methyl sites for hydroxylation is 2. The Morgan fingerprint density at radius 3 is 2.17 bits per heavy atom. The van der Waals surface area contributed by atoms with Crippen LogP contribution in [0.25, 0.3) is 0 Å². The zero-order chi connectivity index (χ0) is 28.7. The van der Waals surface area contributed by atoms with Crippen molar-refractivity contribution in [3.63, 3.8) is 0 Å². The number of rotatable bonds is 16. The summed E-state index contributed by atoms with van der Waals surface area (Å²) in [4.78, 5) is 29.3. The van der Waals surface area contributed by atoms with Gasteiger partial charge in [0.05, 0.1) is 13.2 Å². The number of carbonyl (C=O) groups is 2. The number of benzene rings is 3. The third-order valence-corrected chi connectivity index (χ3v) is 6.81. The summed E-state index contributed by atoms with van der Waals surface area (Å²) < 4.78 is 11.5. The lowest BCUT2D eigenvalue weighted by molar-refractivity contribution is -0.141. The van der Waals surface area contributed by atoms with Crippen molar-refractivity contribution >= 4 is 11.8 Å². The van der Waals surface area contributed by atoms with Gasteiger partial charge in [0.25, 0.3) is 0 Å². The van der Waals surface area contributed by atoms with Crippen LogP contribution in [0.4, 0.5) is 0 Å². The first kappa shape index (κ1) is 30.7. The molecule has 0 saturated heterocycles. The van der Waals surface area contributed by atoms with E-state index >= 15 is 0 Å². The molecule has 0 bridgehead atoms. The van der Waals surface area contributed by atoms with E-state index in [9.17, 15) is 9.59 Å². The molecule has 0 heterocycles. The van der Waals surface area contributed by atoms with Crippen molar-refractivity contribution in [1.29, 1.82) is 0 Å². The third-order valence-electron chi connectivity index (χ3n) is 6.81. The Hall–Kier alpha value is -3.80. The lowest BCUT2D eigenvalue weighted by atomic mass is 10.0. The van der Waals surface area contributed by atoms with E-state index in [2.05, 4.69) is 12.2 Å². The third kappa shape index (κ3) is 9.44. The number of ether oxygens (including phenoxy) is 2. The Morgan fingerprint density at radius 2 is 1.50 bits per heavy atom. The second-order valence-electron chi connectivity index (χ2n) is 10.0. The topological polar surface area (TPSA) is 67.9 Å². The van der Waals surface area contributed by atoms with Gasteiger partial charge >= 0.3 is 0 Å². The van der Waals surface area contributed by atoms with Crippen LogP contribution >= 0.6 is 0 Å². The van der Waals surface area contributed by atoms with Gasteiger partial charge in [0.1, 0.15) is 6.04 Å². The second kappa shape index (κ2) is 16.3. The summed E-state index contributed by atoms with van der Waals surface area (Å²) in [6.07, 6.45) is 3.15. The van der Waals surface area contributed by atoms with Crippen LogP contribution < -0.4 is 14.8 Å². The van der Waals surface area contributed by atoms with E-state index in [0.717, 1.165) is 35.1 Å². The smallest absolute Gasteiger partial charge is 0.243 e. The Morgan fingerprint density at radius 1 is 0.825 bits per heavy atom. The molecule has 0 aromatic heterocycles. The molecule has 0 spiro atoms. The molecular weight excluding hydrogens is 500 g/mol. The Balaban J connectivity index is 1.87. The average Bonchev–Trinajstić information content (AvgIpc) is 2.96. The van der Waals surface area contributed by atoms with Crippen LogP contribution in [-0.2, 0) is 29.0 Å². The fraction of sp³-hybridized carbons (Fsp3) is 0.412. The monoisotopic (exact) mass is 544 g/mol. The largest absolute Gasteiger partial charge is 0.490 e. The van der Waals surface area contributed by atoms with Crippen molar-refractivity contribution in [3.05, 3.63) is 95.1 Å². The maximum absolute atomic E-state index is 13.9. The Kier molecular flexibility index (Phi) is 12.6.